The molecule has 7 heteroatoms. The minimum absolute atomic E-state index is 0.120. The van der Waals surface area contributed by atoms with Crippen molar-refractivity contribution in [2.75, 3.05) is 30.3 Å². The summed E-state index contributed by atoms with van der Waals surface area (Å²) in [6.45, 7) is 9.49. The third-order valence-corrected chi connectivity index (χ3v) is 3.19. The molecule has 0 radical (unpaired) electrons. The van der Waals surface area contributed by atoms with Gasteiger partial charge >= 0.3 is 6.09 Å². The van der Waals surface area contributed by atoms with Gasteiger partial charge in [0.2, 0.25) is 5.95 Å². The number of anilines is 2. The van der Waals surface area contributed by atoms with Gasteiger partial charge in [-0.25, -0.2) is 14.8 Å². The number of nitrogens with two attached hydrogens (primary N) is 1. The van der Waals surface area contributed by atoms with Crippen LogP contribution in [0.3, 0.4) is 0 Å². The summed E-state index contributed by atoms with van der Waals surface area (Å²) in [5.74, 6) is 0.639. The Morgan fingerprint density at radius 2 is 1.95 bits per heavy atom. The molecular formula is C14H23N5O2. The molecule has 0 unspecified atom stereocenters. The molecule has 21 heavy (non-hydrogen) atoms. The first-order chi connectivity index (χ1) is 9.76. The van der Waals surface area contributed by atoms with Crippen LogP contribution < -0.4 is 10.6 Å². The largest absolute Gasteiger partial charge is 0.444 e. The van der Waals surface area contributed by atoms with Crippen molar-refractivity contribution in [2.24, 2.45) is 0 Å². The summed E-state index contributed by atoms with van der Waals surface area (Å²) in [5, 5.41) is 0. The van der Waals surface area contributed by atoms with Crippen LogP contribution in [-0.2, 0) is 4.74 Å². The molecule has 2 N–H and O–H groups in total. The Morgan fingerprint density at radius 3 is 2.48 bits per heavy atom. The average molecular weight is 293 g/mol. The van der Waals surface area contributed by atoms with Crippen LogP contribution >= 0.6 is 0 Å². The topological polar surface area (TPSA) is 84.6 Å². The molecule has 1 aromatic rings. The molecule has 2 heterocycles. The first-order valence-corrected chi connectivity index (χ1v) is 7.08. The maximum atomic E-state index is 12.1. The predicted molar refractivity (Wildman–Crippen MR) is 81.1 cm³/mol. The molecule has 1 aromatic heterocycles. The highest BCUT2D eigenvalue weighted by Crippen LogP contribution is 2.18. The highest BCUT2D eigenvalue weighted by atomic mass is 16.6. The van der Waals surface area contributed by atoms with Crippen molar-refractivity contribution >= 4 is 17.7 Å². The van der Waals surface area contributed by atoms with Gasteiger partial charge in [0.15, 0.2) is 0 Å². The lowest BCUT2D eigenvalue weighted by atomic mass is 10.2. The predicted octanol–water partition coefficient (Wildman–Crippen LogP) is 1.50. The molecule has 1 amide bonds. The fourth-order valence-electron chi connectivity index (χ4n) is 2.23. The number of hydrogen-bond acceptors (Lipinski definition) is 6. The molecule has 1 saturated heterocycles. The summed E-state index contributed by atoms with van der Waals surface area (Å²) < 4.78 is 5.40. The van der Waals surface area contributed by atoms with Crippen LogP contribution in [0, 0.1) is 0 Å². The van der Waals surface area contributed by atoms with Crippen molar-refractivity contribution in [2.45, 2.75) is 39.3 Å². The summed E-state index contributed by atoms with van der Waals surface area (Å²) in [5.41, 5.74) is 5.66. The number of nitrogen functional groups attached to an aromatic ring is 1. The van der Waals surface area contributed by atoms with E-state index in [4.69, 9.17) is 10.5 Å². The summed E-state index contributed by atoms with van der Waals surface area (Å²) in [6, 6.07) is 0.120. The number of amides is 1. The molecule has 1 fully saturated rings. The zero-order chi connectivity index (χ0) is 15.6. The Bertz CT molecular complexity index is 497. The highest BCUT2D eigenvalue weighted by Gasteiger charge is 2.30. The highest BCUT2D eigenvalue weighted by molar-refractivity contribution is 5.68. The smallest absolute Gasteiger partial charge is 0.410 e. The first kappa shape index (κ1) is 15.3. The van der Waals surface area contributed by atoms with Crippen molar-refractivity contribution in [1.82, 2.24) is 14.9 Å². The van der Waals surface area contributed by atoms with Gasteiger partial charge in [0.1, 0.15) is 5.60 Å². The van der Waals surface area contributed by atoms with Gasteiger partial charge in [0, 0.05) is 25.7 Å². The van der Waals surface area contributed by atoms with Gasteiger partial charge in [-0.2, -0.15) is 0 Å². The van der Waals surface area contributed by atoms with E-state index >= 15 is 0 Å². The minimum Gasteiger partial charge on any atom is -0.444 e. The van der Waals surface area contributed by atoms with Gasteiger partial charge in [-0.1, -0.05) is 0 Å². The van der Waals surface area contributed by atoms with Crippen molar-refractivity contribution < 1.29 is 9.53 Å². The molecule has 0 saturated carbocycles. The Hall–Kier alpha value is -2.05. The number of ether oxygens (including phenoxy) is 1. The lowest BCUT2D eigenvalue weighted by molar-refractivity contribution is 0.0218. The summed E-state index contributed by atoms with van der Waals surface area (Å²) in [4.78, 5) is 24.4. The fraction of sp³-hybridized carbons (Fsp3) is 0.643. The lowest BCUT2D eigenvalue weighted by Gasteiger charge is -2.40. The SMILES string of the molecule is C[C@H]1CN(C(=O)OC(C)(C)C)CCN1c1ncc(N)cn1. The normalized spacial score (nSPS) is 19.5. The van der Waals surface area contributed by atoms with Gasteiger partial charge in [-0.05, 0) is 27.7 Å². The summed E-state index contributed by atoms with van der Waals surface area (Å²) >= 11 is 0. The van der Waals surface area contributed by atoms with E-state index in [0.29, 0.717) is 31.3 Å². The number of carbonyl (C=O) groups excluding carboxylic acids is 1. The van der Waals surface area contributed by atoms with Crippen LogP contribution in [0.25, 0.3) is 0 Å². The Morgan fingerprint density at radius 1 is 1.33 bits per heavy atom. The van der Waals surface area contributed by atoms with Crippen molar-refractivity contribution in [3.63, 3.8) is 0 Å². The number of piperazine rings is 1. The average Bonchev–Trinajstić information content (AvgIpc) is 2.38. The molecule has 0 aliphatic carbocycles. The number of carbonyl (C=O) groups is 1. The zero-order valence-electron chi connectivity index (χ0n) is 13.0. The quantitative estimate of drug-likeness (QED) is 0.844. The molecule has 1 aliphatic rings. The Balaban J connectivity index is 1.99. The fourth-order valence-corrected chi connectivity index (χ4v) is 2.23. The van der Waals surface area contributed by atoms with Gasteiger partial charge in [-0.3, -0.25) is 0 Å². The van der Waals surface area contributed by atoms with Crippen molar-refractivity contribution in [3.05, 3.63) is 12.4 Å². The second-order valence-electron chi connectivity index (χ2n) is 6.29. The van der Waals surface area contributed by atoms with Crippen LogP contribution in [0.4, 0.5) is 16.4 Å². The van der Waals surface area contributed by atoms with E-state index in [2.05, 4.69) is 14.9 Å². The second-order valence-corrected chi connectivity index (χ2v) is 6.29. The maximum Gasteiger partial charge on any atom is 0.410 e. The van der Waals surface area contributed by atoms with E-state index in [1.807, 2.05) is 27.7 Å². The third-order valence-electron chi connectivity index (χ3n) is 3.19. The molecule has 7 nitrogen and oxygen atoms in total. The molecule has 1 aliphatic heterocycles. The van der Waals surface area contributed by atoms with Crippen LogP contribution in [-0.4, -0.2) is 52.2 Å². The van der Waals surface area contributed by atoms with E-state index in [9.17, 15) is 4.79 Å². The van der Waals surface area contributed by atoms with Crippen LogP contribution in [0.15, 0.2) is 12.4 Å². The van der Waals surface area contributed by atoms with E-state index in [1.165, 1.54) is 0 Å². The molecule has 2 rings (SSSR count). The van der Waals surface area contributed by atoms with Crippen LogP contribution in [0.2, 0.25) is 0 Å². The lowest BCUT2D eigenvalue weighted by Crippen LogP contribution is -2.55. The first-order valence-electron chi connectivity index (χ1n) is 7.08. The molecule has 116 valence electrons. The number of rotatable bonds is 1. The third kappa shape index (κ3) is 3.96. The van der Waals surface area contributed by atoms with E-state index in [0.717, 1.165) is 0 Å². The number of nitrogens with zero attached hydrogens (tertiary/aromatic N) is 4. The zero-order valence-corrected chi connectivity index (χ0v) is 13.0. The van der Waals surface area contributed by atoms with Gasteiger partial charge < -0.3 is 20.3 Å². The molecular weight excluding hydrogens is 270 g/mol. The van der Waals surface area contributed by atoms with Gasteiger partial charge in [0.25, 0.3) is 0 Å². The Labute approximate surface area is 125 Å². The molecule has 0 aromatic carbocycles. The summed E-state index contributed by atoms with van der Waals surface area (Å²) in [7, 11) is 0. The summed E-state index contributed by atoms with van der Waals surface area (Å²) in [6.07, 6.45) is 2.91. The van der Waals surface area contributed by atoms with Crippen LogP contribution in [0.5, 0.6) is 0 Å². The molecule has 0 bridgehead atoms. The standard InChI is InChI=1S/C14H23N5O2/c1-10-9-18(13(20)21-14(2,3)4)5-6-19(10)12-16-7-11(15)8-17-12/h7-8,10H,5-6,9,15H2,1-4H3/t10-/m0/s1. The maximum absolute atomic E-state index is 12.1. The van der Waals surface area contributed by atoms with Gasteiger partial charge in [-0.15, -0.1) is 0 Å². The molecule has 1 atom stereocenters. The number of aromatic nitrogens is 2. The van der Waals surface area contributed by atoms with Crippen molar-refractivity contribution in [3.8, 4) is 0 Å². The molecule has 0 spiro atoms. The van der Waals surface area contributed by atoms with Crippen LogP contribution in [0.1, 0.15) is 27.7 Å². The minimum atomic E-state index is -0.475. The second kappa shape index (κ2) is 5.75. The Kier molecular flexibility index (Phi) is 4.20. The number of hydrogen-bond donors (Lipinski definition) is 1. The monoisotopic (exact) mass is 293 g/mol. The van der Waals surface area contributed by atoms with Gasteiger partial charge in [0.05, 0.1) is 18.1 Å². The van der Waals surface area contributed by atoms with E-state index in [1.54, 1.807) is 17.3 Å². The van der Waals surface area contributed by atoms with E-state index < -0.39 is 5.60 Å². The van der Waals surface area contributed by atoms with Crippen molar-refractivity contribution in [1.29, 1.82) is 0 Å². The van der Waals surface area contributed by atoms with E-state index in [-0.39, 0.29) is 12.1 Å².